The number of phenolic OH excluding ortho intramolecular Hbond substituents is 2. The molecule has 1 aliphatic rings. The fraction of sp³-hybridized carbons (Fsp3) is 0.280. The molecule has 0 amide bonds. The van der Waals surface area contributed by atoms with Gasteiger partial charge in [-0.05, 0) is 55.4 Å². The van der Waals surface area contributed by atoms with E-state index in [1.807, 2.05) is 0 Å². The molecule has 3 aromatic carbocycles. The maximum atomic E-state index is 14.6. The first-order valence-electron chi connectivity index (χ1n) is 10.6. The maximum absolute atomic E-state index is 14.6. The highest BCUT2D eigenvalue weighted by atomic mass is 19.2. The van der Waals surface area contributed by atoms with Crippen molar-refractivity contribution in [2.75, 3.05) is 0 Å². The maximum Gasteiger partial charge on any atom is 0.200 e. The van der Waals surface area contributed by atoms with Gasteiger partial charge in [-0.3, -0.25) is 0 Å². The molecule has 0 aromatic heterocycles. The topological polar surface area (TPSA) is 49.7 Å². The van der Waals surface area contributed by atoms with Crippen molar-refractivity contribution in [3.05, 3.63) is 82.4 Å². The molecule has 0 saturated heterocycles. The minimum atomic E-state index is -1.56. The zero-order valence-corrected chi connectivity index (χ0v) is 17.7. The quantitative estimate of drug-likeness (QED) is 0.392. The van der Waals surface area contributed by atoms with Gasteiger partial charge in [0.05, 0.1) is 12.7 Å². The van der Waals surface area contributed by atoms with E-state index < -0.39 is 57.5 Å². The summed E-state index contributed by atoms with van der Waals surface area (Å²) in [4.78, 5) is 0. The highest BCUT2D eigenvalue weighted by Gasteiger charge is 2.27. The summed E-state index contributed by atoms with van der Waals surface area (Å²) in [7, 11) is 0. The first kappa shape index (κ1) is 23.9. The zero-order chi connectivity index (χ0) is 24.6. The molecule has 1 saturated carbocycles. The Balaban J connectivity index is 1.41. The second-order valence-electron chi connectivity index (χ2n) is 8.25. The average Bonchev–Trinajstić information content (AvgIpc) is 2.83. The molecule has 0 aliphatic heterocycles. The van der Waals surface area contributed by atoms with Gasteiger partial charge < -0.3 is 14.9 Å². The Labute approximate surface area is 191 Å². The SMILES string of the molecule is Oc1ccc(-c2ccc(COC3CCC(c4ccc(O)c(F)c4F)CC3)c(F)c2F)c(F)c1F. The molecule has 0 heterocycles. The van der Waals surface area contributed by atoms with Crippen LogP contribution in [-0.4, -0.2) is 16.3 Å². The highest BCUT2D eigenvalue weighted by molar-refractivity contribution is 5.66. The van der Waals surface area contributed by atoms with Gasteiger partial charge in [-0.2, -0.15) is 8.78 Å². The van der Waals surface area contributed by atoms with E-state index in [4.69, 9.17) is 4.74 Å². The van der Waals surface area contributed by atoms with Gasteiger partial charge in [-0.15, -0.1) is 0 Å². The van der Waals surface area contributed by atoms with Crippen LogP contribution in [0.2, 0.25) is 0 Å². The Morgan fingerprint density at radius 1 is 0.618 bits per heavy atom. The van der Waals surface area contributed by atoms with Gasteiger partial charge >= 0.3 is 0 Å². The van der Waals surface area contributed by atoms with Crippen molar-refractivity contribution in [3.8, 4) is 22.6 Å². The average molecular weight is 482 g/mol. The number of aromatic hydroxyl groups is 2. The second kappa shape index (κ2) is 9.58. The molecule has 0 radical (unpaired) electrons. The van der Waals surface area contributed by atoms with Crippen LogP contribution >= 0.6 is 0 Å². The largest absolute Gasteiger partial charge is 0.505 e. The van der Waals surface area contributed by atoms with Crippen LogP contribution in [0, 0.1) is 34.9 Å². The van der Waals surface area contributed by atoms with Crippen molar-refractivity contribution in [2.45, 2.75) is 44.3 Å². The summed E-state index contributed by atoms with van der Waals surface area (Å²) >= 11 is 0. The smallest absolute Gasteiger partial charge is 0.200 e. The number of hydrogen-bond acceptors (Lipinski definition) is 3. The van der Waals surface area contributed by atoms with Crippen LogP contribution in [0.4, 0.5) is 26.3 Å². The molecule has 180 valence electrons. The summed E-state index contributed by atoms with van der Waals surface area (Å²) in [6, 6.07) is 6.56. The summed E-state index contributed by atoms with van der Waals surface area (Å²) in [5.74, 6) is -10.0. The van der Waals surface area contributed by atoms with Crippen LogP contribution in [0.3, 0.4) is 0 Å². The first-order chi connectivity index (χ1) is 16.2. The van der Waals surface area contributed by atoms with Gasteiger partial charge in [0.15, 0.2) is 34.8 Å². The third kappa shape index (κ3) is 4.44. The summed E-state index contributed by atoms with van der Waals surface area (Å²) in [6.45, 7) is -0.271. The predicted octanol–water partition coefficient (Wildman–Crippen LogP) is 6.84. The molecule has 0 unspecified atom stereocenters. The fourth-order valence-corrected chi connectivity index (χ4v) is 4.27. The number of rotatable bonds is 5. The Hall–Kier alpha value is -3.20. The van der Waals surface area contributed by atoms with E-state index in [0.29, 0.717) is 25.7 Å². The van der Waals surface area contributed by atoms with E-state index in [-0.39, 0.29) is 29.8 Å². The van der Waals surface area contributed by atoms with E-state index in [2.05, 4.69) is 0 Å². The third-order valence-electron chi connectivity index (χ3n) is 6.19. The van der Waals surface area contributed by atoms with Crippen molar-refractivity contribution >= 4 is 0 Å². The molecule has 0 spiro atoms. The lowest BCUT2D eigenvalue weighted by atomic mass is 9.82. The number of halogens is 6. The van der Waals surface area contributed by atoms with Gasteiger partial charge in [-0.1, -0.05) is 18.2 Å². The Morgan fingerprint density at radius 2 is 1.15 bits per heavy atom. The van der Waals surface area contributed by atoms with E-state index in [9.17, 15) is 36.6 Å². The van der Waals surface area contributed by atoms with Crippen LogP contribution in [0.5, 0.6) is 11.5 Å². The van der Waals surface area contributed by atoms with E-state index in [1.54, 1.807) is 0 Å². The molecule has 0 bridgehead atoms. The lowest BCUT2D eigenvalue weighted by Crippen LogP contribution is -2.21. The monoisotopic (exact) mass is 482 g/mol. The summed E-state index contributed by atoms with van der Waals surface area (Å²) < 4.78 is 90.3. The Bertz CT molecular complexity index is 1220. The van der Waals surface area contributed by atoms with Gasteiger partial charge in [0.25, 0.3) is 0 Å². The van der Waals surface area contributed by atoms with Crippen LogP contribution in [0.1, 0.15) is 42.7 Å². The molecule has 2 N–H and O–H groups in total. The number of benzene rings is 3. The van der Waals surface area contributed by atoms with Gasteiger partial charge in [0, 0.05) is 16.7 Å². The van der Waals surface area contributed by atoms with Crippen molar-refractivity contribution in [1.29, 1.82) is 0 Å². The van der Waals surface area contributed by atoms with Gasteiger partial charge in [0.1, 0.15) is 0 Å². The Kier molecular flexibility index (Phi) is 6.74. The highest BCUT2D eigenvalue weighted by Crippen LogP contribution is 2.38. The normalized spacial score (nSPS) is 18.3. The number of ether oxygens (including phenoxy) is 1. The molecule has 1 aliphatic carbocycles. The summed E-state index contributed by atoms with van der Waals surface area (Å²) in [5, 5.41) is 18.5. The standard InChI is InChI=1S/C25H20F6O3/c26-20-13(3-6-16(22(20)28)17-8-10-19(33)25(31)23(17)29)11-34-14-4-1-12(2-5-14)15-7-9-18(32)24(30)21(15)27/h3,6-10,12,14,32-33H,1-2,4-5,11H2. The molecule has 4 rings (SSSR count). The Morgan fingerprint density at radius 3 is 1.79 bits per heavy atom. The molecule has 3 nitrogen and oxygen atoms in total. The van der Waals surface area contributed by atoms with Crippen LogP contribution in [0.25, 0.3) is 11.1 Å². The van der Waals surface area contributed by atoms with E-state index >= 15 is 0 Å². The molecular weight excluding hydrogens is 462 g/mol. The molecule has 34 heavy (non-hydrogen) atoms. The van der Waals surface area contributed by atoms with Crippen LogP contribution < -0.4 is 0 Å². The van der Waals surface area contributed by atoms with Crippen molar-refractivity contribution < 1.29 is 41.3 Å². The van der Waals surface area contributed by atoms with Crippen LogP contribution in [0.15, 0.2) is 36.4 Å². The van der Waals surface area contributed by atoms with Crippen molar-refractivity contribution in [3.63, 3.8) is 0 Å². The first-order valence-corrected chi connectivity index (χ1v) is 10.6. The zero-order valence-electron chi connectivity index (χ0n) is 17.7. The fourth-order valence-electron chi connectivity index (χ4n) is 4.27. The number of phenols is 2. The molecule has 0 atom stereocenters. The third-order valence-corrected chi connectivity index (χ3v) is 6.19. The minimum Gasteiger partial charge on any atom is -0.505 e. The van der Waals surface area contributed by atoms with E-state index in [0.717, 1.165) is 24.3 Å². The lowest BCUT2D eigenvalue weighted by Gasteiger charge is -2.29. The summed E-state index contributed by atoms with van der Waals surface area (Å²) in [5.41, 5.74) is -0.971. The van der Waals surface area contributed by atoms with Crippen LogP contribution in [-0.2, 0) is 11.3 Å². The molecular formula is C25H20F6O3. The molecule has 9 heteroatoms. The van der Waals surface area contributed by atoms with Gasteiger partial charge in [0.2, 0.25) is 11.6 Å². The van der Waals surface area contributed by atoms with Crippen molar-refractivity contribution in [2.24, 2.45) is 0 Å². The minimum absolute atomic E-state index is 0.116. The number of hydrogen-bond donors (Lipinski definition) is 2. The predicted molar refractivity (Wildman–Crippen MR) is 111 cm³/mol. The van der Waals surface area contributed by atoms with Crippen molar-refractivity contribution in [1.82, 2.24) is 0 Å². The van der Waals surface area contributed by atoms with Gasteiger partial charge in [-0.25, -0.2) is 17.6 Å². The molecule has 3 aromatic rings. The lowest BCUT2D eigenvalue weighted by molar-refractivity contribution is 0.0116. The summed E-state index contributed by atoms with van der Waals surface area (Å²) in [6.07, 6.45) is 1.60. The van der Waals surface area contributed by atoms with E-state index in [1.165, 1.54) is 12.1 Å². The molecule has 1 fully saturated rings. The second-order valence-corrected chi connectivity index (χ2v) is 8.25.